The number of carboxylic acid groups (broad SMARTS) is 1. The molecule has 4 nitrogen and oxygen atoms in total. The van der Waals surface area contributed by atoms with Crippen LogP contribution >= 0.6 is 0 Å². The highest BCUT2D eigenvalue weighted by atomic mass is 16.4. The number of carbonyl (C=O) groups is 2. The lowest BCUT2D eigenvalue weighted by molar-refractivity contribution is -0.144. The van der Waals surface area contributed by atoms with E-state index in [9.17, 15) is 9.59 Å². The van der Waals surface area contributed by atoms with Gasteiger partial charge in [0.05, 0.1) is 0 Å². The molecule has 1 N–H and O–H groups in total. The lowest BCUT2D eigenvalue weighted by Gasteiger charge is -2.19. The molecule has 0 aromatic heterocycles. The topological polar surface area (TPSA) is 57.6 Å². The van der Waals surface area contributed by atoms with Gasteiger partial charge >= 0.3 is 5.97 Å². The molecule has 74 valence electrons. The molecule has 0 radical (unpaired) electrons. The fraction of sp³-hybridized carbons (Fsp3) is 0.556. The van der Waals surface area contributed by atoms with Gasteiger partial charge in [-0.3, -0.25) is 9.59 Å². The summed E-state index contributed by atoms with van der Waals surface area (Å²) in [6.45, 7) is 6.44. The molecule has 0 saturated carbocycles. The van der Waals surface area contributed by atoms with E-state index in [0.29, 0.717) is 13.1 Å². The van der Waals surface area contributed by atoms with Gasteiger partial charge in [-0.15, -0.1) is 6.58 Å². The smallest absolute Gasteiger partial charge is 0.312 e. The zero-order valence-corrected chi connectivity index (χ0v) is 7.82. The minimum absolute atomic E-state index is 0.353. The molecule has 0 spiro atoms. The van der Waals surface area contributed by atoms with Crippen LogP contribution in [0, 0.1) is 0 Å². The standard InChI is InChI=1S/C9H15NO3/c1-3-5-10(6-4-2)8(11)7-9(12)13/h3H,1,4-7H2,2H3,(H,12,13). The summed E-state index contributed by atoms with van der Waals surface area (Å²) >= 11 is 0. The van der Waals surface area contributed by atoms with Gasteiger partial charge in [-0.25, -0.2) is 0 Å². The van der Waals surface area contributed by atoms with Crippen molar-refractivity contribution in [1.29, 1.82) is 0 Å². The maximum Gasteiger partial charge on any atom is 0.312 e. The van der Waals surface area contributed by atoms with E-state index in [1.807, 2.05) is 6.92 Å². The quantitative estimate of drug-likeness (QED) is 0.493. The minimum atomic E-state index is -1.09. The monoisotopic (exact) mass is 185 g/mol. The van der Waals surface area contributed by atoms with Crippen molar-refractivity contribution in [2.75, 3.05) is 13.1 Å². The average molecular weight is 185 g/mol. The molecule has 0 saturated heterocycles. The second-order valence-corrected chi connectivity index (χ2v) is 2.70. The molecular formula is C9H15NO3. The second kappa shape index (κ2) is 6.22. The van der Waals surface area contributed by atoms with Crippen molar-refractivity contribution in [2.24, 2.45) is 0 Å². The first-order chi connectivity index (χ1) is 6.11. The van der Waals surface area contributed by atoms with Crippen molar-refractivity contribution in [3.8, 4) is 0 Å². The third kappa shape index (κ3) is 5.00. The number of hydrogen-bond donors (Lipinski definition) is 1. The van der Waals surface area contributed by atoms with Crippen molar-refractivity contribution >= 4 is 11.9 Å². The van der Waals surface area contributed by atoms with Gasteiger partial charge in [-0.2, -0.15) is 0 Å². The van der Waals surface area contributed by atoms with Crippen LogP contribution in [0.5, 0.6) is 0 Å². The first kappa shape index (κ1) is 11.7. The van der Waals surface area contributed by atoms with E-state index in [1.165, 1.54) is 4.90 Å². The van der Waals surface area contributed by atoms with E-state index in [1.54, 1.807) is 6.08 Å². The third-order valence-corrected chi connectivity index (χ3v) is 1.50. The lowest BCUT2D eigenvalue weighted by atomic mass is 10.3. The second-order valence-electron chi connectivity index (χ2n) is 2.70. The SMILES string of the molecule is C=CCN(CCC)C(=O)CC(=O)O. The third-order valence-electron chi connectivity index (χ3n) is 1.50. The Morgan fingerprint density at radius 3 is 2.54 bits per heavy atom. The van der Waals surface area contributed by atoms with E-state index >= 15 is 0 Å². The summed E-state index contributed by atoms with van der Waals surface area (Å²) in [7, 11) is 0. The van der Waals surface area contributed by atoms with E-state index in [2.05, 4.69) is 6.58 Å². The van der Waals surface area contributed by atoms with E-state index in [0.717, 1.165) is 6.42 Å². The van der Waals surface area contributed by atoms with Gasteiger partial charge < -0.3 is 10.0 Å². The molecular weight excluding hydrogens is 170 g/mol. The Kier molecular flexibility index (Phi) is 5.59. The zero-order chi connectivity index (χ0) is 10.3. The van der Waals surface area contributed by atoms with Crippen molar-refractivity contribution < 1.29 is 14.7 Å². The van der Waals surface area contributed by atoms with Gasteiger partial charge in [0, 0.05) is 13.1 Å². The Bertz CT molecular complexity index is 201. The van der Waals surface area contributed by atoms with Crippen LogP contribution in [0.25, 0.3) is 0 Å². The number of hydrogen-bond acceptors (Lipinski definition) is 2. The summed E-state index contributed by atoms with van der Waals surface area (Å²) in [4.78, 5) is 23.0. The highest BCUT2D eigenvalue weighted by Crippen LogP contribution is 1.96. The number of rotatable bonds is 6. The molecule has 0 aliphatic rings. The molecule has 0 unspecified atom stereocenters. The Morgan fingerprint density at radius 2 is 2.15 bits per heavy atom. The first-order valence-electron chi connectivity index (χ1n) is 4.22. The van der Waals surface area contributed by atoms with Crippen LogP contribution in [0.4, 0.5) is 0 Å². The van der Waals surface area contributed by atoms with Crippen LogP contribution in [0.1, 0.15) is 19.8 Å². The summed E-state index contributed by atoms with van der Waals surface area (Å²) in [5, 5.41) is 8.40. The van der Waals surface area contributed by atoms with Gasteiger partial charge in [0.15, 0.2) is 0 Å². The molecule has 13 heavy (non-hydrogen) atoms. The Labute approximate surface area is 77.8 Å². The highest BCUT2D eigenvalue weighted by Gasteiger charge is 2.14. The predicted molar refractivity (Wildman–Crippen MR) is 49.3 cm³/mol. The maximum atomic E-state index is 11.2. The molecule has 4 heteroatoms. The van der Waals surface area contributed by atoms with Crippen LogP contribution in [0.3, 0.4) is 0 Å². The summed E-state index contributed by atoms with van der Waals surface area (Å²) < 4.78 is 0. The minimum Gasteiger partial charge on any atom is -0.481 e. The molecule has 0 aromatic carbocycles. The molecule has 0 rings (SSSR count). The van der Waals surface area contributed by atoms with Crippen molar-refractivity contribution in [1.82, 2.24) is 4.90 Å². The molecule has 1 amide bonds. The molecule has 0 fully saturated rings. The number of carboxylic acids is 1. The van der Waals surface area contributed by atoms with Crippen molar-refractivity contribution in [3.05, 3.63) is 12.7 Å². The summed E-state index contributed by atoms with van der Waals surface area (Å²) in [5.41, 5.74) is 0. The van der Waals surface area contributed by atoms with Gasteiger partial charge in [0.2, 0.25) is 5.91 Å². The fourth-order valence-corrected chi connectivity index (χ4v) is 0.985. The van der Waals surface area contributed by atoms with E-state index in [4.69, 9.17) is 5.11 Å². The number of carbonyl (C=O) groups excluding carboxylic acids is 1. The van der Waals surface area contributed by atoms with Crippen LogP contribution in [-0.4, -0.2) is 35.0 Å². The number of nitrogens with zero attached hydrogens (tertiary/aromatic N) is 1. The van der Waals surface area contributed by atoms with Crippen molar-refractivity contribution in [3.63, 3.8) is 0 Å². The van der Waals surface area contributed by atoms with Gasteiger partial charge in [-0.1, -0.05) is 13.0 Å². The van der Waals surface area contributed by atoms with Gasteiger partial charge in [-0.05, 0) is 6.42 Å². The van der Waals surface area contributed by atoms with E-state index in [-0.39, 0.29) is 5.91 Å². The average Bonchev–Trinajstić information content (AvgIpc) is 2.02. The lowest BCUT2D eigenvalue weighted by Crippen LogP contribution is -2.33. The van der Waals surface area contributed by atoms with E-state index < -0.39 is 12.4 Å². The van der Waals surface area contributed by atoms with Gasteiger partial charge in [0.25, 0.3) is 0 Å². The zero-order valence-electron chi connectivity index (χ0n) is 7.82. The predicted octanol–water partition coefficient (Wildman–Crippen LogP) is 0.886. The normalized spacial score (nSPS) is 9.31. The highest BCUT2D eigenvalue weighted by molar-refractivity contribution is 5.93. The summed E-state index contributed by atoms with van der Waals surface area (Å²) in [6, 6.07) is 0. The first-order valence-corrected chi connectivity index (χ1v) is 4.22. The van der Waals surface area contributed by atoms with Crippen LogP contribution in [0.2, 0.25) is 0 Å². The molecule has 0 bridgehead atoms. The largest absolute Gasteiger partial charge is 0.481 e. The Balaban J connectivity index is 4.09. The number of aliphatic carboxylic acids is 1. The van der Waals surface area contributed by atoms with Crippen LogP contribution < -0.4 is 0 Å². The molecule has 0 aromatic rings. The molecule has 0 aliphatic carbocycles. The van der Waals surface area contributed by atoms with Crippen LogP contribution in [-0.2, 0) is 9.59 Å². The van der Waals surface area contributed by atoms with Crippen LogP contribution in [0.15, 0.2) is 12.7 Å². The molecule has 0 heterocycles. The van der Waals surface area contributed by atoms with Gasteiger partial charge in [0.1, 0.15) is 6.42 Å². The summed E-state index contributed by atoms with van der Waals surface area (Å²) in [5.74, 6) is -1.44. The Hall–Kier alpha value is -1.32. The number of amides is 1. The fourth-order valence-electron chi connectivity index (χ4n) is 0.985. The Morgan fingerprint density at radius 1 is 1.54 bits per heavy atom. The molecule has 0 aliphatic heterocycles. The molecule has 0 atom stereocenters. The summed E-state index contributed by atoms with van der Waals surface area (Å²) in [6.07, 6.45) is 1.97. The maximum absolute atomic E-state index is 11.2. The van der Waals surface area contributed by atoms with Crippen molar-refractivity contribution in [2.45, 2.75) is 19.8 Å².